The Hall–Kier alpha value is -2.26. The number of carbonyl (C=O) groups is 3. The largest absolute Gasteiger partial charge is 0.444 e. The molecule has 0 heterocycles. The molecule has 2 unspecified atom stereocenters. The highest BCUT2D eigenvalue weighted by molar-refractivity contribution is 7.80. The van der Waals surface area contributed by atoms with Crippen molar-refractivity contribution in [3.63, 3.8) is 0 Å². The molecule has 1 aromatic carbocycles. The molecule has 2 rings (SSSR count). The minimum atomic E-state index is -1.03. The van der Waals surface area contributed by atoms with Gasteiger partial charge in [-0.2, -0.15) is 12.6 Å². The molecule has 9 heteroatoms. The Labute approximate surface area is 214 Å². The van der Waals surface area contributed by atoms with Crippen LogP contribution in [0, 0.1) is 0 Å². The number of aliphatic hydroxyl groups excluding tert-OH is 1. The molecule has 2 atom stereocenters. The zero-order chi connectivity index (χ0) is 26.0. The number of nitrogens with zero attached hydrogens (tertiary/aromatic N) is 1. The van der Waals surface area contributed by atoms with Gasteiger partial charge in [0.25, 0.3) is 0 Å². The summed E-state index contributed by atoms with van der Waals surface area (Å²) in [5.41, 5.74) is 1.02. The molecule has 3 N–H and O–H groups in total. The molecule has 1 aliphatic rings. The number of hydrogen-bond acceptors (Lipinski definition) is 6. The van der Waals surface area contributed by atoms with Crippen LogP contribution in [-0.2, 0) is 20.7 Å². The van der Waals surface area contributed by atoms with Gasteiger partial charge in [0.05, 0.1) is 6.61 Å². The summed E-state index contributed by atoms with van der Waals surface area (Å²) >= 11 is 4.26. The number of rotatable bonds is 10. The van der Waals surface area contributed by atoms with Crippen molar-refractivity contribution >= 4 is 30.5 Å². The molecule has 0 aliphatic heterocycles. The average Bonchev–Trinajstić information content (AvgIpc) is 2.81. The summed E-state index contributed by atoms with van der Waals surface area (Å²) in [6.07, 6.45) is 5.18. The van der Waals surface area contributed by atoms with Gasteiger partial charge in [0.1, 0.15) is 17.7 Å². The van der Waals surface area contributed by atoms with Gasteiger partial charge in [-0.15, -0.1) is 0 Å². The fraction of sp³-hybridized carbons (Fsp3) is 0.654. The zero-order valence-electron chi connectivity index (χ0n) is 21.4. The molecule has 0 bridgehead atoms. The van der Waals surface area contributed by atoms with E-state index < -0.39 is 29.7 Å². The summed E-state index contributed by atoms with van der Waals surface area (Å²) in [4.78, 5) is 40.9. The summed E-state index contributed by atoms with van der Waals surface area (Å²) in [6.45, 7) is 6.83. The highest BCUT2D eigenvalue weighted by Crippen LogP contribution is 2.25. The zero-order valence-corrected chi connectivity index (χ0v) is 22.3. The van der Waals surface area contributed by atoms with Gasteiger partial charge in [-0.3, -0.25) is 9.59 Å². The van der Waals surface area contributed by atoms with Gasteiger partial charge in [-0.1, -0.05) is 50.5 Å². The summed E-state index contributed by atoms with van der Waals surface area (Å²) < 4.78 is 5.30. The number of nitrogens with one attached hydrogen (secondary N) is 2. The minimum Gasteiger partial charge on any atom is -0.444 e. The highest BCUT2D eigenvalue weighted by Gasteiger charge is 2.36. The molecule has 0 aromatic heterocycles. The van der Waals surface area contributed by atoms with Crippen molar-refractivity contribution in [2.75, 3.05) is 18.9 Å². The predicted molar refractivity (Wildman–Crippen MR) is 139 cm³/mol. The summed E-state index contributed by atoms with van der Waals surface area (Å²) in [7, 11) is 0. The first-order valence-corrected chi connectivity index (χ1v) is 13.1. The first kappa shape index (κ1) is 29.0. The number of thiol groups is 1. The molecule has 1 saturated carbocycles. The molecular formula is C26H41N3O5S. The van der Waals surface area contributed by atoms with E-state index in [0.29, 0.717) is 5.56 Å². The second kappa shape index (κ2) is 13.7. The van der Waals surface area contributed by atoms with E-state index >= 15 is 0 Å². The topological polar surface area (TPSA) is 108 Å². The number of aliphatic hydroxyl groups is 1. The van der Waals surface area contributed by atoms with Crippen LogP contribution in [0.25, 0.3) is 0 Å². The third-order valence-corrected chi connectivity index (χ3v) is 6.38. The van der Waals surface area contributed by atoms with Crippen molar-refractivity contribution in [2.24, 2.45) is 0 Å². The van der Waals surface area contributed by atoms with Crippen LogP contribution in [0.3, 0.4) is 0 Å². The minimum absolute atomic E-state index is 0.00570. The van der Waals surface area contributed by atoms with E-state index in [4.69, 9.17) is 4.74 Å². The number of ether oxygens (including phenoxy) is 1. The Balaban J connectivity index is 2.35. The number of alkyl carbamates (subject to hydrolysis) is 1. The predicted octanol–water partition coefficient (Wildman–Crippen LogP) is 3.38. The Kier molecular flexibility index (Phi) is 11.4. The molecule has 8 nitrogen and oxygen atoms in total. The van der Waals surface area contributed by atoms with Crippen molar-refractivity contribution < 1.29 is 24.2 Å². The second-order valence-electron chi connectivity index (χ2n) is 9.98. The number of aryl methyl sites for hydroxylation is 1. The number of hydrogen-bond donors (Lipinski definition) is 4. The third kappa shape index (κ3) is 9.04. The molecule has 3 amide bonds. The average molecular weight is 508 g/mol. The van der Waals surface area contributed by atoms with E-state index in [9.17, 15) is 19.5 Å². The van der Waals surface area contributed by atoms with Crippen LogP contribution in [0.5, 0.6) is 0 Å². The monoisotopic (exact) mass is 507 g/mol. The van der Waals surface area contributed by atoms with Gasteiger partial charge in [-0.05, 0) is 51.2 Å². The van der Waals surface area contributed by atoms with E-state index in [-0.39, 0.29) is 30.9 Å². The van der Waals surface area contributed by atoms with Gasteiger partial charge < -0.3 is 25.4 Å². The molecular weight excluding hydrogens is 466 g/mol. The lowest BCUT2D eigenvalue weighted by Gasteiger charge is -2.35. The standard InChI is InChI=1S/C26H41N3O5S/c1-5-18-11-13-19(14-12-18)22(23(31)27-20-9-7-6-8-10-20)29(15-16-30)24(32)21(17-35)28-25(33)34-26(2,3)4/h11-14,20-22,30,35H,5-10,15-17H2,1-4H3,(H,27,31)(H,28,33). The lowest BCUT2D eigenvalue weighted by Crippen LogP contribution is -2.55. The summed E-state index contributed by atoms with van der Waals surface area (Å²) in [6, 6.07) is 5.64. The Morgan fingerprint density at radius 3 is 2.29 bits per heavy atom. The first-order chi connectivity index (χ1) is 16.6. The fourth-order valence-corrected chi connectivity index (χ4v) is 4.49. The maximum Gasteiger partial charge on any atom is 0.408 e. The van der Waals surface area contributed by atoms with E-state index in [2.05, 4.69) is 23.3 Å². The molecule has 0 saturated heterocycles. The van der Waals surface area contributed by atoms with Crippen molar-refractivity contribution in [3.05, 3.63) is 35.4 Å². The lowest BCUT2D eigenvalue weighted by atomic mass is 9.94. The van der Waals surface area contributed by atoms with Crippen LogP contribution in [0.15, 0.2) is 24.3 Å². The number of carbonyl (C=O) groups excluding carboxylic acids is 3. The molecule has 0 spiro atoms. The van der Waals surface area contributed by atoms with Crippen LogP contribution in [0.4, 0.5) is 4.79 Å². The number of benzene rings is 1. The first-order valence-electron chi connectivity index (χ1n) is 12.5. The summed E-state index contributed by atoms with van der Waals surface area (Å²) in [5.74, 6) is -0.799. The Morgan fingerprint density at radius 2 is 1.77 bits per heavy atom. The van der Waals surface area contributed by atoms with E-state index in [1.165, 1.54) is 4.90 Å². The normalized spacial score (nSPS) is 16.2. The summed E-state index contributed by atoms with van der Waals surface area (Å²) in [5, 5.41) is 15.5. The maximum atomic E-state index is 13.6. The molecule has 1 aliphatic carbocycles. The molecule has 1 aromatic rings. The lowest BCUT2D eigenvalue weighted by molar-refractivity contribution is -0.143. The van der Waals surface area contributed by atoms with Crippen LogP contribution < -0.4 is 10.6 Å². The van der Waals surface area contributed by atoms with Gasteiger partial charge in [0, 0.05) is 18.3 Å². The fourth-order valence-electron chi connectivity index (χ4n) is 4.25. The van der Waals surface area contributed by atoms with Crippen molar-refractivity contribution in [3.8, 4) is 0 Å². The van der Waals surface area contributed by atoms with E-state index in [1.807, 2.05) is 31.2 Å². The van der Waals surface area contributed by atoms with Gasteiger partial charge in [-0.25, -0.2) is 4.79 Å². The Morgan fingerprint density at radius 1 is 1.14 bits per heavy atom. The van der Waals surface area contributed by atoms with Crippen molar-refractivity contribution in [1.82, 2.24) is 15.5 Å². The van der Waals surface area contributed by atoms with Gasteiger partial charge in [0.15, 0.2) is 0 Å². The molecule has 35 heavy (non-hydrogen) atoms. The van der Waals surface area contributed by atoms with Crippen LogP contribution in [-0.4, -0.2) is 64.5 Å². The SMILES string of the molecule is CCc1ccc(C(C(=O)NC2CCCCC2)N(CCO)C(=O)C(CS)NC(=O)OC(C)(C)C)cc1. The molecule has 1 fully saturated rings. The maximum absolute atomic E-state index is 13.6. The molecule has 196 valence electrons. The van der Waals surface area contributed by atoms with Crippen molar-refractivity contribution in [1.29, 1.82) is 0 Å². The van der Waals surface area contributed by atoms with Gasteiger partial charge in [0.2, 0.25) is 11.8 Å². The highest BCUT2D eigenvalue weighted by atomic mass is 32.1. The Bertz CT molecular complexity index is 834. The van der Waals surface area contributed by atoms with Crippen LogP contribution in [0.1, 0.15) is 77.0 Å². The second-order valence-corrected chi connectivity index (χ2v) is 10.3. The smallest absolute Gasteiger partial charge is 0.408 e. The van der Waals surface area contributed by atoms with E-state index in [0.717, 1.165) is 44.1 Å². The van der Waals surface area contributed by atoms with Crippen LogP contribution >= 0.6 is 12.6 Å². The van der Waals surface area contributed by atoms with Gasteiger partial charge >= 0.3 is 6.09 Å². The van der Waals surface area contributed by atoms with Crippen molar-refractivity contribution in [2.45, 2.75) is 89.9 Å². The van der Waals surface area contributed by atoms with Crippen LogP contribution in [0.2, 0.25) is 0 Å². The van der Waals surface area contributed by atoms with E-state index in [1.54, 1.807) is 20.8 Å². The molecule has 0 radical (unpaired) electrons. The quantitative estimate of drug-likeness (QED) is 0.363. The third-order valence-electron chi connectivity index (χ3n) is 6.01. The number of amides is 3.